The summed E-state index contributed by atoms with van der Waals surface area (Å²) in [4.78, 5) is 12.4. The fourth-order valence-electron chi connectivity index (χ4n) is 3.20. The summed E-state index contributed by atoms with van der Waals surface area (Å²) in [6.07, 6.45) is 6.00. The number of furan rings is 1. The first kappa shape index (κ1) is 17.0. The molecule has 6 nitrogen and oxygen atoms in total. The van der Waals surface area contributed by atoms with Crippen LogP contribution in [0, 0.1) is 0 Å². The van der Waals surface area contributed by atoms with Gasteiger partial charge in [-0.05, 0) is 31.2 Å². The summed E-state index contributed by atoms with van der Waals surface area (Å²) < 4.78 is 7.73. The highest BCUT2D eigenvalue weighted by molar-refractivity contribution is 5.96. The molecule has 0 radical (unpaired) electrons. The van der Waals surface area contributed by atoms with Gasteiger partial charge in [-0.2, -0.15) is 0 Å². The first-order valence-corrected chi connectivity index (χ1v) is 8.96. The highest BCUT2D eigenvalue weighted by Crippen LogP contribution is 2.27. The van der Waals surface area contributed by atoms with E-state index < -0.39 is 0 Å². The van der Waals surface area contributed by atoms with Gasteiger partial charge in [0.15, 0.2) is 11.5 Å². The molecule has 27 heavy (non-hydrogen) atoms. The minimum Gasteiger partial charge on any atom is -0.460 e. The summed E-state index contributed by atoms with van der Waals surface area (Å²) in [5, 5.41) is 12.3. The van der Waals surface area contributed by atoms with Gasteiger partial charge in [0.25, 0.3) is 0 Å². The molecule has 3 aromatic heterocycles. The smallest absolute Gasteiger partial charge is 0.244 e. The average molecular weight is 360 g/mol. The lowest BCUT2D eigenvalue weighted by atomic mass is 10.1. The molecule has 1 unspecified atom stereocenters. The van der Waals surface area contributed by atoms with E-state index in [-0.39, 0.29) is 11.9 Å². The second-order valence-electron chi connectivity index (χ2n) is 6.34. The second kappa shape index (κ2) is 7.07. The van der Waals surface area contributed by atoms with E-state index in [2.05, 4.69) is 15.5 Å². The number of carbonyl (C=O) groups excluding carboxylic acids is 1. The van der Waals surface area contributed by atoms with Crippen molar-refractivity contribution in [1.29, 1.82) is 0 Å². The van der Waals surface area contributed by atoms with Crippen molar-refractivity contribution in [3.8, 4) is 0 Å². The molecule has 0 fully saturated rings. The molecular formula is C21H20N4O2. The lowest BCUT2D eigenvalue weighted by Gasteiger charge is -2.10. The van der Waals surface area contributed by atoms with Gasteiger partial charge in [-0.25, -0.2) is 0 Å². The predicted octanol–water partition coefficient (Wildman–Crippen LogP) is 3.93. The van der Waals surface area contributed by atoms with E-state index in [1.165, 1.54) is 6.08 Å². The van der Waals surface area contributed by atoms with Crippen LogP contribution in [0.5, 0.6) is 0 Å². The number of amides is 1. The Bertz CT molecular complexity index is 1140. The average Bonchev–Trinajstić information content (AvgIpc) is 3.27. The minimum atomic E-state index is -0.272. The van der Waals surface area contributed by atoms with Gasteiger partial charge in [0.05, 0.1) is 6.04 Å². The van der Waals surface area contributed by atoms with Gasteiger partial charge in [-0.3, -0.25) is 9.20 Å². The molecule has 136 valence electrons. The maximum absolute atomic E-state index is 12.4. The van der Waals surface area contributed by atoms with Crippen LogP contribution in [0.4, 0.5) is 0 Å². The second-order valence-corrected chi connectivity index (χ2v) is 6.34. The Balaban J connectivity index is 1.54. The van der Waals surface area contributed by atoms with E-state index in [9.17, 15) is 4.79 Å². The van der Waals surface area contributed by atoms with Crippen LogP contribution < -0.4 is 5.32 Å². The fourth-order valence-corrected chi connectivity index (χ4v) is 3.20. The van der Waals surface area contributed by atoms with Crippen molar-refractivity contribution in [1.82, 2.24) is 19.9 Å². The van der Waals surface area contributed by atoms with Crippen molar-refractivity contribution >= 4 is 28.6 Å². The number of benzene rings is 1. The Morgan fingerprint density at radius 2 is 2.04 bits per heavy atom. The Hall–Kier alpha value is -3.41. The van der Waals surface area contributed by atoms with Crippen molar-refractivity contribution < 1.29 is 9.21 Å². The third kappa shape index (κ3) is 3.21. The number of hydrogen-bond acceptors (Lipinski definition) is 4. The van der Waals surface area contributed by atoms with Crippen LogP contribution in [0.25, 0.3) is 22.7 Å². The Kier molecular flexibility index (Phi) is 4.46. The monoisotopic (exact) mass is 360 g/mol. The number of nitrogens with one attached hydrogen (secondary N) is 1. The van der Waals surface area contributed by atoms with Gasteiger partial charge in [0.1, 0.15) is 11.3 Å². The van der Waals surface area contributed by atoms with Gasteiger partial charge in [-0.15, -0.1) is 10.2 Å². The molecule has 3 heterocycles. The van der Waals surface area contributed by atoms with E-state index in [1.54, 1.807) is 0 Å². The zero-order valence-electron chi connectivity index (χ0n) is 15.2. The number of aromatic nitrogens is 3. The fraction of sp³-hybridized carbons (Fsp3) is 0.190. The van der Waals surface area contributed by atoms with Crippen molar-refractivity contribution in [3.63, 3.8) is 0 Å². The van der Waals surface area contributed by atoms with Gasteiger partial charge in [0.2, 0.25) is 5.91 Å². The maximum Gasteiger partial charge on any atom is 0.244 e. The Labute approximate surface area is 156 Å². The van der Waals surface area contributed by atoms with Crippen LogP contribution in [0.2, 0.25) is 0 Å². The van der Waals surface area contributed by atoms with Crippen molar-refractivity contribution in [3.05, 3.63) is 71.9 Å². The standard InChI is InChI=1S/C21H20N4O2/c1-3-17-16(15-8-4-5-9-18(15)27-17)11-12-20(26)22-14(2)21-24-23-19-10-6-7-13-25(19)21/h4-14H,3H2,1-2H3,(H,22,26)/b12-11+. The number of para-hydroxylation sites is 1. The highest BCUT2D eigenvalue weighted by Gasteiger charge is 2.15. The number of hydrogen-bond donors (Lipinski definition) is 1. The summed E-state index contributed by atoms with van der Waals surface area (Å²) >= 11 is 0. The Morgan fingerprint density at radius 1 is 1.22 bits per heavy atom. The number of rotatable bonds is 5. The molecule has 1 N–H and O–H groups in total. The van der Waals surface area contributed by atoms with E-state index in [1.807, 2.05) is 73.0 Å². The normalized spacial score (nSPS) is 12.8. The predicted molar refractivity (Wildman–Crippen MR) is 104 cm³/mol. The number of fused-ring (bicyclic) bond motifs is 2. The molecule has 1 atom stereocenters. The Morgan fingerprint density at radius 3 is 2.89 bits per heavy atom. The summed E-state index contributed by atoms with van der Waals surface area (Å²) in [6.45, 7) is 3.92. The van der Waals surface area contributed by atoms with Crippen LogP contribution >= 0.6 is 0 Å². The van der Waals surface area contributed by atoms with E-state index in [4.69, 9.17) is 4.42 Å². The summed E-state index contributed by atoms with van der Waals surface area (Å²) in [5.41, 5.74) is 2.53. The molecule has 6 heteroatoms. The first-order chi connectivity index (χ1) is 13.2. The maximum atomic E-state index is 12.4. The van der Waals surface area contributed by atoms with Crippen molar-refractivity contribution in [2.75, 3.05) is 0 Å². The molecule has 4 rings (SSSR count). The minimum absolute atomic E-state index is 0.192. The molecule has 0 saturated heterocycles. The van der Waals surface area contributed by atoms with E-state index in [0.717, 1.165) is 34.4 Å². The van der Waals surface area contributed by atoms with Gasteiger partial charge in [0, 0.05) is 29.6 Å². The highest BCUT2D eigenvalue weighted by atomic mass is 16.3. The van der Waals surface area contributed by atoms with Crippen LogP contribution in [0.1, 0.15) is 37.0 Å². The van der Waals surface area contributed by atoms with Gasteiger partial charge < -0.3 is 9.73 Å². The quantitative estimate of drug-likeness (QED) is 0.547. The SMILES string of the molecule is CCc1oc2ccccc2c1/C=C/C(=O)NC(C)c1nnc2ccccn12. The summed E-state index contributed by atoms with van der Waals surface area (Å²) in [7, 11) is 0. The van der Waals surface area contributed by atoms with Gasteiger partial charge >= 0.3 is 0 Å². The molecule has 0 saturated carbocycles. The largest absolute Gasteiger partial charge is 0.460 e. The molecule has 1 aromatic carbocycles. The lowest BCUT2D eigenvalue weighted by molar-refractivity contribution is -0.117. The lowest BCUT2D eigenvalue weighted by Crippen LogP contribution is -2.26. The van der Waals surface area contributed by atoms with Crippen molar-refractivity contribution in [2.45, 2.75) is 26.3 Å². The van der Waals surface area contributed by atoms with Crippen LogP contribution in [0.3, 0.4) is 0 Å². The first-order valence-electron chi connectivity index (χ1n) is 8.96. The zero-order chi connectivity index (χ0) is 18.8. The molecule has 4 aromatic rings. The molecule has 0 bridgehead atoms. The molecule has 0 aliphatic rings. The molecular weight excluding hydrogens is 340 g/mol. The third-order valence-corrected chi connectivity index (χ3v) is 4.52. The number of carbonyl (C=O) groups is 1. The summed E-state index contributed by atoms with van der Waals surface area (Å²) in [6, 6.07) is 13.3. The molecule has 0 aliphatic heterocycles. The van der Waals surface area contributed by atoms with Crippen molar-refractivity contribution in [2.24, 2.45) is 0 Å². The van der Waals surface area contributed by atoms with Gasteiger partial charge in [-0.1, -0.05) is 31.2 Å². The number of pyridine rings is 1. The number of nitrogens with zero attached hydrogens (tertiary/aromatic N) is 3. The van der Waals surface area contributed by atoms with E-state index >= 15 is 0 Å². The van der Waals surface area contributed by atoms with Crippen LogP contribution in [-0.2, 0) is 11.2 Å². The zero-order valence-corrected chi connectivity index (χ0v) is 15.2. The molecule has 0 spiro atoms. The van der Waals surface area contributed by atoms with Crippen LogP contribution in [0.15, 0.2) is 59.2 Å². The summed E-state index contributed by atoms with van der Waals surface area (Å²) in [5.74, 6) is 1.37. The third-order valence-electron chi connectivity index (χ3n) is 4.52. The topological polar surface area (TPSA) is 72.4 Å². The van der Waals surface area contributed by atoms with E-state index in [0.29, 0.717) is 5.82 Å². The molecule has 1 amide bonds. The number of aryl methyl sites for hydroxylation is 1. The van der Waals surface area contributed by atoms with Crippen LogP contribution in [-0.4, -0.2) is 20.5 Å². The molecule has 0 aliphatic carbocycles.